The maximum atomic E-state index is 13.0. The van der Waals surface area contributed by atoms with Crippen molar-refractivity contribution in [3.63, 3.8) is 0 Å². The SMILES string of the molecule is NCC(F)(F)F.O=C(CCC(F)(F)F)c1ccc2c(n1)N(C(=O)Nc1cc(Br)ccn1)[C@H]1CCN2C1.O=C(O)c1ccc2c(n1)N(C(=O)Nc1cc(Br)ccn1)[C@H]1CCN2C1. The molecule has 324 valence electrons. The van der Waals surface area contributed by atoms with E-state index in [9.17, 15) is 50.6 Å². The van der Waals surface area contributed by atoms with Crippen molar-refractivity contribution in [3.8, 4) is 0 Å². The molecule has 61 heavy (non-hydrogen) atoms. The molecule has 4 aromatic rings. The number of carbonyl (C=O) groups excluding carboxylic acids is 3. The highest BCUT2D eigenvalue weighted by molar-refractivity contribution is 9.10. The number of aromatic nitrogens is 4. The van der Waals surface area contributed by atoms with Gasteiger partial charge < -0.3 is 20.6 Å². The van der Waals surface area contributed by atoms with Crippen molar-refractivity contribution < 1.29 is 50.6 Å². The number of alkyl halides is 6. The average molecular weight is 988 g/mol. The lowest BCUT2D eigenvalue weighted by Gasteiger charge is -2.35. The Balaban J connectivity index is 0.000000182. The summed E-state index contributed by atoms with van der Waals surface area (Å²) in [4.78, 5) is 73.3. The van der Waals surface area contributed by atoms with Gasteiger partial charge in [-0.15, -0.1) is 0 Å². The molecule has 4 aliphatic heterocycles. The zero-order valence-corrected chi connectivity index (χ0v) is 34.7. The number of urea groups is 2. The summed E-state index contributed by atoms with van der Waals surface area (Å²) in [6, 6.07) is 12.0. The third-order valence-corrected chi connectivity index (χ3v) is 10.6. The van der Waals surface area contributed by atoms with E-state index in [1.54, 1.807) is 47.5 Å². The molecule has 4 amide bonds. The lowest BCUT2D eigenvalue weighted by Crippen LogP contribution is -2.48. The van der Waals surface area contributed by atoms with Crippen molar-refractivity contribution in [3.05, 3.63) is 81.3 Å². The number of nitrogens with zero attached hydrogens (tertiary/aromatic N) is 8. The van der Waals surface area contributed by atoms with E-state index in [1.165, 1.54) is 23.2 Å². The smallest absolute Gasteiger partial charge is 0.400 e. The van der Waals surface area contributed by atoms with Gasteiger partial charge in [-0.25, -0.2) is 34.3 Å². The van der Waals surface area contributed by atoms with Gasteiger partial charge in [-0.1, -0.05) is 31.9 Å². The number of ketones is 1. The lowest BCUT2D eigenvalue weighted by atomic mass is 10.1. The molecule has 4 aromatic heterocycles. The second-order valence-corrected chi connectivity index (χ2v) is 15.7. The third-order valence-electron chi connectivity index (χ3n) is 9.63. The number of hydrogen-bond donors (Lipinski definition) is 4. The number of aromatic carboxylic acids is 1. The monoisotopic (exact) mass is 985 g/mol. The molecule has 0 aromatic carbocycles. The Kier molecular flexibility index (Phi) is 13.7. The first-order valence-corrected chi connectivity index (χ1v) is 19.9. The molecule has 16 nitrogen and oxygen atoms in total. The Morgan fingerprint density at radius 1 is 0.721 bits per heavy atom. The van der Waals surface area contributed by atoms with Crippen LogP contribution in [0.2, 0.25) is 0 Å². The van der Waals surface area contributed by atoms with Crippen molar-refractivity contribution in [2.45, 2.75) is 50.1 Å². The number of pyridine rings is 4. The molecular formula is C37H35Br2F6N11O5. The molecule has 8 rings (SSSR count). The molecule has 24 heteroatoms. The molecule has 0 unspecified atom stereocenters. The van der Waals surface area contributed by atoms with Gasteiger partial charge in [0.25, 0.3) is 0 Å². The Labute approximate surface area is 359 Å². The van der Waals surface area contributed by atoms with Crippen LogP contribution in [0.15, 0.2) is 69.9 Å². The zero-order valence-electron chi connectivity index (χ0n) is 31.6. The number of nitrogens with one attached hydrogen (secondary N) is 2. The molecule has 0 saturated carbocycles. The van der Waals surface area contributed by atoms with Gasteiger partial charge in [0.1, 0.15) is 17.3 Å². The summed E-state index contributed by atoms with van der Waals surface area (Å²) < 4.78 is 70.9. The summed E-state index contributed by atoms with van der Waals surface area (Å²) in [5.41, 5.74) is 5.46. The van der Waals surface area contributed by atoms with E-state index in [4.69, 9.17) is 0 Å². The second-order valence-electron chi connectivity index (χ2n) is 13.8. The Bertz CT molecular complexity index is 2310. The molecule has 0 spiro atoms. The van der Waals surface area contributed by atoms with Crippen molar-refractivity contribution in [1.82, 2.24) is 19.9 Å². The Hall–Kier alpha value is -5.62. The summed E-state index contributed by atoms with van der Waals surface area (Å²) in [5.74, 6) is -0.429. The van der Waals surface area contributed by atoms with Crippen LogP contribution in [0.4, 0.5) is 70.6 Å². The minimum atomic E-state index is -4.42. The maximum Gasteiger partial charge on any atom is 0.400 e. The summed E-state index contributed by atoms with van der Waals surface area (Å²) >= 11 is 6.66. The number of Topliss-reactive ketones (excluding diaryl/α,β-unsaturated/α-hetero) is 1. The average Bonchev–Trinajstić information content (AvgIpc) is 3.82. The van der Waals surface area contributed by atoms with Crippen LogP contribution in [0.5, 0.6) is 0 Å². The summed E-state index contributed by atoms with van der Waals surface area (Å²) in [7, 11) is 0. The predicted octanol–water partition coefficient (Wildman–Crippen LogP) is 7.47. The molecular weight excluding hydrogens is 952 g/mol. The van der Waals surface area contributed by atoms with Crippen molar-refractivity contribution in [2.24, 2.45) is 5.73 Å². The molecule has 5 N–H and O–H groups in total. The highest BCUT2D eigenvalue weighted by Crippen LogP contribution is 2.41. The van der Waals surface area contributed by atoms with Crippen LogP contribution < -0.4 is 36.0 Å². The van der Waals surface area contributed by atoms with Crippen molar-refractivity contribution >= 4 is 90.3 Å². The first-order valence-electron chi connectivity index (χ1n) is 18.4. The number of anilines is 6. The minimum absolute atomic E-state index is 0.0452. The highest BCUT2D eigenvalue weighted by atomic mass is 79.9. The summed E-state index contributed by atoms with van der Waals surface area (Å²) in [5, 5.41) is 14.7. The molecule has 4 aliphatic rings. The molecule has 2 saturated heterocycles. The van der Waals surface area contributed by atoms with E-state index in [2.05, 4.69) is 78.0 Å². The fourth-order valence-electron chi connectivity index (χ4n) is 6.89. The number of carboxylic acid groups (broad SMARTS) is 1. The summed E-state index contributed by atoms with van der Waals surface area (Å²) in [6.45, 7) is 1.63. The first-order chi connectivity index (χ1) is 28.8. The minimum Gasteiger partial charge on any atom is -0.477 e. The third kappa shape index (κ3) is 11.2. The van der Waals surface area contributed by atoms with Crippen molar-refractivity contribution in [1.29, 1.82) is 0 Å². The standard InChI is InChI=1S/C19H17BrF3N5O2.C16H14BrN5O3.C2H4F3N/c20-11-4-7-24-16(9-11)26-18(30)28-12-5-8-27(10-12)14-2-1-13(25-17(14)28)15(29)3-6-19(21,22)23;17-9-3-5-18-13(7-9)20-16(25)22-10-4-6-21(8-10)12-2-1-11(15(23)24)19-14(12)22;3-2(4,5)1-6/h1-2,4,7,9,12H,3,5-6,8,10H2,(H,24,26,30);1-3,5,7,10H,4,6,8H2,(H,23,24)(H,18,20,25);1,6H2/t12-;10-;/m00./s1. The normalized spacial score (nSPS) is 17.3. The van der Waals surface area contributed by atoms with E-state index in [1.807, 2.05) is 0 Å². The van der Waals surface area contributed by atoms with Gasteiger partial charge in [-0.2, -0.15) is 26.3 Å². The number of nitrogens with two attached hydrogens (primary N) is 1. The number of carbonyl (C=O) groups is 4. The van der Waals surface area contributed by atoms with Gasteiger partial charge >= 0.3 is 30.4 Å². The Morgan fingerprint density at radius 2 is 1.16 bits per heavy atom. The number of rotatable bonds is 6. The molecule has 2 fully saturated rings. The van der Waals surface area contributed by atoms with E-state index in [0.29, 0.717) is 42.7 Å². The van der Waals surface area contributed by atoms with Gasteiger partial charge in [-0.3, -0.25) is 25.2 Å². The van der Waals surface area contributed by atoms with Crippen LogP contribution >= 0.6 is 31.9 Å². The fourth-order valence-corrected chi connectivity index (χ4v) is 7.56. The topological polar surface area (TPSA) is 203 Å². The number of fused-ring (bicyclic) bond motifs is 8. The molecule has 4 bridgehead atoms. The predicted molar refractivity (Wildman–Crippen MR) is 218 cm³/mol. The van der Waals surface area contributed by atoms with Gasteiger partial charge in [-0.05, 0) is 61.4 Å². The van der Waals surface area contributed by atoms with Crippen LogP contribution in [0, 0.1) is 0 Å². The van der Waals surface area contributed by atoms with Crippen LogP contribution in [0.25, 0.3) is 0 Å². The van der Waals surface area contributed by atoms with Crippen LogP contribution in [-0.4, -0.2) is 106 Å². The first kappa shape index (κ1) is 44.9. The van der Waals surface area contributed by atoms with Crippen molar-refractivity contribution in [2.75, 3.05) is 63.0 Å². The quantitative estimate of drug-likeness (QED) is 0.110. The van der Waals surface area contributed by atoms with Gasteiger partial charge in [0, 0.05) is 53.9 Å². The zero-order chi connectivity index (χ0) is 44.2. The lowest BCUT2D eigenvalue weighted by molar-refractivity contribution is -0.133. The number of amides is 4. The van der Waals surface area contributed by atoms with Crippen LogP contribution in [-0.2, 0) is 0 Å². The molecule has 8 heterocycles. The largest absolute Gasteiger partial charge is 0.477 e. The van der Waals surface area contributed by atoms with Gasteiger partial charge in [0.05, 0.1) is 36.4 Å². The molecule has 2 atom stereocenters. The highest BCUT2D eigenvalue weighted by Gasteiger charge is 2.42. The van der Waals surface area contributed by atoms with Crippen LogP contribution in [0.1, 0.15) is 46.7 Å². The van der Waals surface area contributed by atoms with Crippen LogP contribution in [0.3, 0.4) is 0 Å². The van der Waals surface area contributed by atoms with E-state index in [0.717, 1.165) is 34.1 Å². The van der Waals surface area contributed by atoms with E-state index >= 15 is 0 Å². The molecule has 0 aliphatic carbocycles. The van der Waals surface area contributed by atoms with E-state index < -0.39 is 49.5 Å². The fraction of sp³-hybridized carbons (Fsp3) is 0.351. The molecule has 0 radical (unpaired) electrons. The summed E-state index contributed by atoms with van der Waals surface area (Å²) in [6.07, 6.45) is -5.85. The maximum absolute atomic E-state index is 13.0. The van der Waals surface area contributed by atoms with Gasteiger partial charge in [0.2, 0.25) is 0 Å². The van der Waals surface area contributed by atoms with E-state index in [-0.39, 0.29) is 35.3 Å². The number of hydrogen-bond acceptors (Lipinski definition) is 11. The second kappa shape index (κ2) is 18.6. The van der Waals surface area contributed by atoms with Gasteiger partial charge in [0.15, 0.2) is 23.1 Å². The number of carboxylic acids is 1. The Morgan fingerprint density at radius 3 is 1.57 bits per heavy atom. The number of halogens is 8.